The van der Waals surface area contributed by atoms with Gasteiger partial charge in [0, 0.05) is 5.69 Å². The van der Waals surface area contributed by atoms with E-state index in [0.717, 1.165) is 5.69 Å². The van der Waals surface area contributed by atoms with Gasteiger partial charge in [-0.2, -0.15) is 5.26 Å². The summed E-state index contributed by atoms with van der Waals surface area (Å²) in [5, 5.41) is 19.0. The van der Waals surface area contributed by atoms with Crippen molar-refractivity contribution < 1.29 is 4.63 Å². The van der Waals surface area contributed by atoms with E-state index in [1.807, 2.05) is 6.07 Å². The standard InChI is InChI=1S/C11H5ClN6O/c12-8-9(16-11-10(15-8)17-19-18-11)14-7-3-1-6(5-13)2-4-7/h1-4H,(H,14,16,18). The number of anilines is 2. The van der Waals surface area contributed by atoms with Gasteiger partial charge in [-0.15, -0.1) is 0 Å². The van der Waals surface area contributed by atoms with Crippen molar-refractivity contribution in [1.29, 1.82) is 5.26 Å². The van der Waals surface area contributed by atoms with Crippen LogP contribution in [0.5, 0.6) is 0 Å². The van der Waals surface area contributed by atoms with E-state index in [4.69, 9.17) is 16.9 Å². The van der Waals surface area contributed by atoms with Crippen LogP contribution in [0.3, 0.4) is 0 Å². The van der Waals surface area contributed by atoms with Crippen molar-refractivity contribution in [3.8, 4) is 6.07 Å². The zero-order valence-corrected chi connectivity index (χ0v) is 10.1. The number of rotatable bonds is 2. The van der Waals surface area contributed by atoms with Gasteiger partial charge < -0.3 is 5.32 Å². The minimum absolute atomic E-state index is 0.160. The highest BCUT2D eigenvalue weighted by Gasteiger charge is 2.10. The second kappa shape index (κ2) is 4.51. The molecule has 7 nitrogen and oxygen atoms in total. The third kappa shape index (κ3) is 2.17. The first kappa shape index (κ1) is 11.4. The second-order valence-electron chi connectivity index (χ2n) is 3.59. The van der Waals surface area contributed by atoms with Gasteiger partial charge >= 0.3 is 0 Å². The third-order valence-corrected chi connectivity index (χ3v) is 2.61. The van der Waals surface area contributed by atoms with Crippen molar-refractivity contribution in [2.24, 2.45) is 0 Å². The summed E-state index contributed by atoms with van der Waals surface area (Å²) in [6.45, 7) is 0. The monoisotopic (exact) mass is 272 g/mol. The molecule has 0 spiro atoms. The van der Waals surface area contributed by atoms with Crippen molar-refractivity contribution in [1.82, 2.24) is 20.3 Å². The quantitative estimate of drug-likeness (QED) is 0.763. The van der Waals surface area contributed by atoms with Crippen LogP contribution in [0.15, 0.2) is 28.9 Å². The number of fused-ring (bicyclic) bond motifs is 1. The fourth-order valence-electron chi connectivity index (χ4n) is 1.46. The molecule has 0 atom stereocenters. The first-order valence-electron chi connectivity index (χ1n) is 5.19. The Hall–Kier alpha value is -2.72. The molecule has 0 aliphatic rings. The molecular weight excluding hydrogens is 268 g/mol. The van der Waals surface area contributed by atoms with E-state index in [1.54, 1.807) is 24.3 Å². The van der Waals surface area contributed by atoms with Crippen LogP contribution in [0.2, 0.25) is 5.15 Å². The average molecular weight is 273 g/mol. The summed E-state index contributed by atoms with van der Waals surface area (Å²) in [5.41, 5.74) is 1.81. The van der Waals surface area contributed by atoms with Crippen molar-refractivity contribution >= 4 is 34.4 Å². The zero-order chi connectivity index (χ0) is 13.2. The average Bonchev–Trinajstić information content (AvgIpc) is 2.87. The molecule has 3 rings (SSSR count). The van der Waals surface area contributed by atoms with Gasteiger partial charge in [-0.05, 0) is 34.6 Å². The van der Waals surface area contributed by atoms with E-state index in [0.29, 0.717) is 11.4 Å². The molecule has 0 aliphatic heterocycles. The molecule has 2 aromatic heterocycles. The summed E-state index contributed by atoms with van der Waals surface area (Å²) < 4.78 is 4.51. The van der Waals surface area contributed by atoms with E-state index < -0.39 is 0 Å². The summed E-state index contributed by atoms with van der Waals surface area (Å²) in [4.78, 5) is 8.12. The summed E-state index contributed by atoms with van der Waals surface area (Å²) in [6.07, 6.45) is 0. The molecule has 0 bridgehead atoms. The predicted octanol–water partition coefficient (Wildman–Crippen LogP) is 2.28. The van der Waals surface area contributed by atoms with Crippen molar-refractivity contribution in [3.63, 3.8) is 0 Å². The van der Waals surface area contributed by atoms with Gasteiger partial charge in [0.05, 0.1) is 11.6 Å². The largest absolute Gasteiger partial charge is 0.338 e. The third-order valence-electron chi connectivity index (χ3n) is 2.35. The Bertz CT molecular complexity index is 776. The zero-order valence-electron chi connectivity index (χ0n) is 9.33. The van der Waals surface area contributed by atoms with Gasteiger partial charge in [0.25, 0.3) is 0 Å². The van der Waals surface area contributed by atoms with Gasteiger partial charge in [0.1, 0.15) is 0 Å². The number of hydrogen-bond donors (Lipinski definition) is 1. The Morgan fingerprint density at radius 2 is 1.79 bits per heavy atom. The van der Waals surface area contributed by atoms with E-state index in [-0.39, 0.29) is 16.4 Å². The maximum Gasteiger partial charge on any atom is 0.245 e. The van der Waals surface area contributed by atoms with E-state index in [2.05, 4.69) is 30.2 Å². The lowest BCUT2D eigenvalue weighted by molar-refractivity contribution is 0.314. The highest BCUT2D eigenvalue weighted by molar-refractivity contribution is 6.32. The lowest BCUT2D eigenvalue weighted by Crippen LogP contribution is -1.97. The molecule has 0 radical (unpaired) electrons. The molecule has 0 saturated carbocycles. The van der Waals surface area contributed by atoms with Crippen LogP contribution in [-0.4, -0.2) is 20.3 Å². The fraction of sp³-hybridized carbons (Fsp3) is 0. The van der Waals surface area contributed by atoms with E-state index in [9.17, 15) is 0 Å². The Kier molecular flexibility index (Phi) is 2.70. The lowest BCUT2D eigenvalue weighted by Gasteiger charge is -2.05. The first-order valence-corrected chi connectivity index (χ1v) is 5.57. The van der Waals surface area contributed by atoms with Crippen LogP contribution in [0.25, 0.3) is 11.3 Å². The topological polar surface area (TPSA) is 101 Å². The normalized spacial score (nSPS) is 10.3. The lowest BCUT2D eigenvalue weighted by atomic mass is 10.2. The molecule has 8 heteroatoms. The Morgan fingerprint density at radius 3 is 2.47 bits per heavy atom. The summed E-state index contributed by atoms with van der Waals surface area (Å²) in [6, 6.07) is 8.87. The molecule has 2 heterocycles. The smallest absolute Gasteiger partial charge is 0.245 e. The number of nitrogens with one attached hydrogen (secondary N) is 1. The van der Waals surface area contributed by atoms with Gasteiger partial charge in [-0.25, -0.2) is 14.6 Å². The fourth-order valence-corrected chi connectivity index (χ4v) is 1.63. The summed E-state index contributed by atoms with van der Waals surface area (Å²) >= 11 is 5.97. The second-order valence-corrected chi connectivity index (χ2v) is 3.95. The number of nitrogens with zero attached hydrogens (tertiary/aromatic N) is 5. The minimum atomic E-state index is 0.160. The van der Waals surface area contributed by atoms with E-state index in [1.165, 1.54) is 0 Å². The Balaban J connectivity index is 1.95. The number of hydrogen-bond acceptors (Lipinski definition) is 7. The summed E-state index contributed by atoms with van der Waals surface area (Å²) in [7, 11) is 0. The predicted molar refractivity (Wildman–Crippen MR) is 66.8 cm³/mol. The van der Waals surface area contributed by atoms with Gasteiger partial charge in [0.2, 0.25) is 11.3 Å². The van der Waals surface area contributed by atoms with Crippen molar-refractivity contribution in [2.75, 3.05) is 5.32 Å². The molecule has 0 saturated heterocycles. The van der Waals surface area contributed by atoms with Crippen molar-refractivity contribution in [2.45, 2.75) is 0 Å². The highest BCUT2D eigenvalue weighted by Crippen LogP contribution is 2.23. The highest BCUT2D eigenvalue weighted by atomic mass is 35.5. The molecule has 1 N–H and O–H groups in total. The molecule has 1 aromatic carbocycles. The molecule has 0 amide bonds. The molecule has 92 valence electrons. The first-order chi connectivity index (χ1) is 9.26. The van der Waals surface area contributed by atoms with Crippen molar-refractivity contribution in [3.05, 3.63) is 35.0 Å². The van der Waals surface area contributed by atoms with Gasteiger partial charge in [0.15, 0.2) is 11.0 Å². The Labute approximate surface area is 111 Å². The number of halogens is 1. The van der Waals surface area contributed by atoms with Crippen LogP contribution in [0.1, 0.15) is 5.56 Å². The van der Waals surface area contributed by atoms with Gasteiger partial charge in [-0.1, -0.05) is 11.6 Å². The maximum atomic E-state index is 8.72. The number of benzene rings is 1. The summed E-state index contributed by atoms with van der Waals surface area (Å²) in [5.74, 6) is 0.342. The number of aromatic nitrogens is 4. The van der Waals surface area contributed by atoms with Gasteiger partial charge in [-0.3, -0.25) is 0 Å². The van der Waals surface area contributed by atoms with E-state index >= 15 is 0 Å². The Morgan fingerprint density at radius 1 is 1.11 bits per heavy atom. The molecule has 19 heavy (non-hydrogen) atoms. The number of nitriles is 1. The molecule has 0 aliphatic carbocycles. The van der Waals surface area contributed by atoms with Crippen LogP contribution >= 0.6 is 11.6 Å². The SMILES string of the molecule is N#Cc1ccc(Nc2nc3nonc3nc2Cl)cc1. The van der Waals surface area contributed by atoms with Crippen LogP contribution in [-0.2, 0) is 0 Å². The molecule has 3 aromatic rings. The molecule has 0 fully saturated rings. The molecule has 0 unspecified atom stereocenters. The minimum Gasteiger partial charge on any atom is -0.338 e. The van der Waals surface area contributed by atoms with Crippen LogP contribution < -0.4 is 5.32 Å². The molecular formula is C11H5ClN6O. The van der Waals surface area contributed by atoms with Crippen LogP contribution in [0.4, 0.5) is 11.5 Å². The maximum absolute atomic E-state index is 8.72. The van der Waals surface area contributed by atoms with Crippen LogP contribution in [0, 0.1) is 11.3 Å².